The van der Waals surface area contributed by atoms with Crippen molar-refractivity contribution < 1.29 is 23.5 Å². The first kappa shape index (κ1) is 14.4. The average molecular weight is 283 g/mol. The van der Waals surface area contributed by atoms with Crippen molar-refractivity contribution >= 4 is 11.9 Å². The van der Waals surface area contributed by atoms with Gasteiger partial charge in [-0.2, -0.15) is 0 Å². The quantitative estimate of drug-likeness (QED) is 0.899. The fourth-order valence-electron chi connectivity index (χ4n) is 2.15. The molecule has 0 radical (unpaired) electrons. The number of carboxylic acid groups (broad SMARTS) is 1. The van der Waals surface area contributed by atoms with Crippen molar-refractivity contribution in [2.24, 2.45) is 0 Å². The summed E-state index contributed by atoms with van der Waals surface area (Å²) in [5.41, 5.74) is -0.319. The topological polar surface area (TPSA) is 57.6 Å². The first-order valence-electron chi connectivity index (χ1n) is 6.38. The highest BCUT2D eigenvalue weighted by Gasteiger charge is 2.38. The third-order valence-electron chi connectivity index (χ3n) is 3.39. The highest BCUT2D eigenvalue weighted by molar-refractivity contribution is 5.85. The molecule has 1 N–H and O–H groups in total. The van der Waals surface area contributed by atoms with E-state index in [2.05, 4.69) is 0 Å². The molecule has 108 valence electrons. The number of halogens is 2. The maximum Gasteiger partial charge on any atom is 0.326 e. The lowest BCUT2D eigenvalue weighted by atomic mass is 10.1. The van der Waals surface area contributed by atoms with Gasteiger partial charge in [0.25, 0.3) is 0 Å². The minimum Gasteiger partial charge on any atom is -0.480 e. The van der Waals surface area contributed by atoms with Gasteiger partial charge in [0.1, 0.15) is 17.7 Å². The van der Waals surface area contributed by atoms with Crippen LogP contribution in [0, 0.1) is 11.6 Å². The van der Waals surface area contributed by atoms with Gasteiger partial charge in [-0.15, -0.1) is 0 Å². The fraction of sp³-hybridized carbons (Fsp3) is 0.429. The monoisotopic (exact) mass is 283 g/mol. The van der Waals surface area contributed by atoms with Crippen LogP contribution >= 0.6 is 0 Å². The lowest BCUT2D eigenvalue weighted by Gasteiger charge is -2.26. The summed E-state index contributed by atoms with van der Waals surface area (Å²) >= 11 is 0. The van der Waals surface area contributed by atoms with Crippen molar-refractivity contribution in [3.05, 3.63) is 35.4 Å². The lowest BCUT2D eigenvalue weighted by Crippen LogP contribution is -2.45. The molecule has 2 rings (SSSR count). The highest BCUT2D eigenvalue weighted by atomic mass is 19.1. The Labute approximate surface area is 115 Å². The van der Waals surface area contributed by atoms with E-state index < -0.39 is 36.0 Å². The van der Waals surface area contributed by atoms with Gasteiger partial charge in [0.05, 0.1) is 6.42 Å². The maximum atomic E-state index is 13.5. The molecule has 1 aliphatic carbocycles. The van der Waals surface area contributed by atoms with Crippen molar-refractivity contribution in [3.8, 4) is 0 Å². The Bertz CT molecular complexity index is 523. The zero-order valence-electron chi connectivity index (χ0n) is 11.0. The van der Waals surface area contributed by atoms with Crippen molar-refractivity contribution in [3.63, 3.8) is 0 Å². The Morgan fingerprint density at radius 3 is 2.35 bits per heavy atom. The number of rotatable bonds is 5. The van der Waals surface area contributed by atoms with Gasteiger partial charge in [-0.25, -0.2) is 13.6 Å². The molecule has 0 heterocycles. The van der Waals surface area contributed by atoms with Crippen LogP contribution in [0.4, 0.5) is 8.78 Å². The van der Waals surface area contributed by atoms with E-state index in [-0.39, 0.29) is 11.6 Å². The van der Waals surface area contributed by atoms with Gasteiger partial charge in [0, 0.05) is 11.6 Å². The van der Waals surface area contributed by atoms with Gasteiger partial charge < -0.3 is 10.0 Å². The summed E-state index contributed by atoms with van der Waals surface area (Å²) in [6, 6.07) is 2.24. The molecule has 1 fully saturated rings. The minimum absolute atomic E-state index is 0.136. The molecule has 0 saturated heterocycles. The number of aliphatic carboxylic acids is 1. The molecule has 1 aromatic rings. The second-order valence-electron chi connectivity index (χ2n) is 4.92. The third kappa shape index (κ3) is 2.95. The predicted octanol–water partition coefficient (Wildman–Crippen LogP) is 1.97. The number of carbonyl (C=O) groups excluding carboxylic acids is 1. The van der Waals surface area contributed by atoms with E-state index in [0.29, 0.717) is 0 Å². The van der Waals surface area contributed by atoms with Crippen LogP contribution in [0.15, 0.2) is 18.2 Å². The standard InChI is InChI=1S/C14H15F2NO3/c1-8(14(19)20)17(9-5-6-9)13(18)7-10-11(15)3-2-4-12(10)16/h2-4,8-9H,5-7H2,1H3,(H,19,20). The largest absolute Gasteiger partial charge is 0.480 e. The van der Waals surface area contributed by atoms with Gasteiger partial charge in [0.2, 0.25) is 5.91 Å². The molecule has 1 unspecified atom stereocenters. The minimum atomic E-state index is -1.13. The second-order valence-corrected chi connectivity index (χ2v) is 4.92. The van der Waals surface area contributed by atoms with Crippen LogP contribution in [0.5, 0.6) is 0 Å². The summed E-state index contributed by atoms with van der Waals surface area (Å²) in [6.45, 7) is 1.40. The molecule has 1 atom stereocenters. The zero-order chi connectivity index (χ0) is 14.9. The molecule has 1 amide bonds. The van der Waals surface area contributed by atoms with E-state index in [1.54, 1.807) is 0 Å². The second kappa shape index (κ2) is 5.56. The number of carbonyl (C=O) groups is 2. The number of hydrogen-bond donors (Lipinski definition) is 1. The molecule has 0 bridgehead atoms. The molecule has 0 aromatic heterocycles. The number of nitrogens with zero attached hydrogens (tertiary/aromatic N) is 1. The van der Waals surface area contributed by atoms with Gasteiger partial charge >= 0.3 is 5.97 Å². The van der Waals surface area contributed by atoms with E-state index in [0.717, 1.165) is 25.0 Å². The molecule has 1 saturated carbocycles. The van der Waals surface area contributed by atoms with Crippen molar-refractivity contribution in [1.29, 1.82) is 0 Å². The van der Waals surface area contributed by atoms with Crippen LogP contribution in [-0.2, 0) is 16.0 Å². The van der Waals surface area contributed by atoms with Crippen LogP contribution < -0.4 is 0 Å². The number of amides is 1. The van der Waals surface area contributed by atoms with Crippen molar-refractivity contribution in [2.45, 2.75) is 38.3 Å². The SMILES string of the molecule is CC(C(=O)O)N(C(=O)Cc1c(F)cccc1F)C1CC1. The van der Waals surface area contributed by atoms with Crippen molar-refractivity contribution in [1.82, 2.24) is 4.90 Å². The Morgan fingerprint density at radius 2 is 1.90 bits per heavy atom. The predicted molar refractivity (Wildman–Crippen MR) is 67.0 cm³/mol. The third-order valence-corrected chi connectivity index (χ3v) is 3.39. The van der Waals surface area contributed by atoms with Crippen LogP contribution in [0.2, 0.25) is 0 Å². The van der Waals surface area contributed by atoms with Crippen LogP contribution in [0.1, 0.15) is 25.3 Å². The molecule has 1 aromatic carbocycles. The average Bonchev–Trinajstić information content (AvgIpc) is 3.18. The molecule has 1 aliphatic rings. The van der Waals surface area contributed by atoms with Gasteiger partial charge in [-0.05, 0) is 31.9 Å². The van der Waals surface area contributed by atoms with Gasteiger partial charge in [-0.3, -0.25) is 4.79 Å². The van der Waals surface area contributed by atoms with Gasteiger partial charge in [-0.1, -0.05) is 6.07 Å². The normalized spacial score (nSPS) is 15.8. The summed E-state index contributed by atoms with van der Waals surface area (Å²) in [6.07, 6.45) is 0.985. The molecule has 0 aliphatic heterocycles. The molecule has 6 heteroatoms. The molecule has 0 spiro atoms. The molecule has 4 nitrogen and oxygen atoms in total. The summed E-state index contributed by atoms with van der Waals surface area (Å²) in [4.78, 5) is 24.4. The summed E-state index contributed by atoms with van der Waals surface area (Å²) in [7, 11) is 0. The Morgan fingerprint density at radius 1 is 1.35 bits per heavy atom. The summed E-state index contributed by atoms with van der Waals surface area (Å²) < 4.78 is 27.0. The number of hydrogen-bond acceptors (Lipinski definition) is 2. The van der Waals surface area contributed by atoms with E-state index in [1.165, 1.54) is 17.9 Å². The fourth-order valence-corrected chi connectivity index (χ4v) is 2.15. The number of benzene rings is 1. The van der Waals surface area contributed by atoms with Crippen molar-refractivity contribution in [2.75, 3.05) is 0 Å². The first-order valence-corrected chi connectivity index (χ1v) is 6.38. The van der Waals surface area contributed by atoms with E-state index >= 15 is 0 Å². The Kier molecular flexibility index (Phi) is 4.01. The van der Waals surface area contributed by atoms with E-state index in [4.69, 9.17) is 5.11 Å². The maximum absolute atomic E-state index is 13.5. The molecular weight excluding hydrogens is 268 g/mol. The van der Waals surface area contributed by atoms with E-state index in [1.807, 2.05) is 0 Å². The summed E-state index contributed by atoms with van der Waals surface area (Å²) in [5.74, 6) is -3.28. The zero-order valence-corrected chi connectivity index (χ0v) is 11.0. The Balaban J connectivity index is 2.19. The lowest BCUT2D eigenvalue weighted by molar-refractivity contribution is -0.149. The molecular formula is C14H15F2NO3. The molecule has 20 heavy (non-hydrogen) atoms. The van der Waals surface area contributed by atoms with E-state index in [9.17, 15) is 18.4 Å². The first-order chi connectivity index (χ1) is 9.41. The van der Waals surface area contributed by atoms with Crippen LogP contribution in [0.3, 0.4) is 0 Å². The van der Waals surface area contributed by atoms with Crippen LogP contribution in [0.25, 0.3) is 0 Å². The smallest absolute Gasteiger partial charge is 0.326 e. The Hall–Kier alpha value is -1.98. The summed E-state index contributed by atoms with van der Waals surface area (Å²) in [5, 5.41) is 9.01. The number of carboxylic acids is 1. The highest BCUT2D eigenvalue weighted by Crippen LogP contribution is 2.29. The van der Waals surface area contributed by atoms with Crippen LogP contribution in [-0.4, -0.2) is 34.0 Å². The van der Waals surface area contributed by atoms with Gasteiger partial charge in [0.15, 0.2) is 0 Å².